The molecule has 2 N–H and O–H groups in total. The molecule has 1 atom stereocenters. The highest BCUT2D eigenvalue weighted by molar-refractivity contribution is 5.81. The highest BCUT2D eigenvalue weighted by Crippen LogP contribution is 2.14. The predicted octanol–water partition coefficient (Wildman–Crippen LogP) is 1.70. The molecule has 0 bridgehead atoms. The number of amides is 1. The fourth-order valence-electron chi connectivity index (χ4n) is 1.62. The van der Waals surface area contributed by atoms with Crippen molar-refractivity contribution in [2.75, 3.05) is 20.3 Å². The van der Waals surface area contributed by atoms with Crippen molar-refractivity contribution in [2.45, 2.75) is 58.5 Å². The summed E-state index contributed by atoms with van der Waals surface area (Å²) in [5, 5.41) is 6.30. The number of hydrogen-bond donors (Lipinski definition) is 2. The van der Waals surface area contributed by atoms with Crippen molar-refractivity contribution in [3.8, 4) is 0 Å². The highest BCUT2D eigenvalue weighted by atomic mass is 16.5. The Morgan fingerprint density at radius 3 is 2.41 bits per heavy atom. The lowest BCUT2D eigenvalue weighted by Gasteiger charge is -2.31. The van der Waals surface area contributed by atoms with Crippen LogP contribution in [-0.4, -0.2) is 37.7 Å². The fourth-order valence-corrected chi connectivity index (χ4v) is 1.62. The topological polar surface area (TPSA) is 50.4 Å². The van der Waals surface area contributed by atoms with Gasteiger partial charge in [-0.15, -0.1) is 0 Å². The molecule has 102 valence electrons. The Hall–Kier alpha value is -0.610. The fraction of sp³-hybridized carbons (Fsp3) is 0.923. The Kier molecular flexibility index (Phi) is 8.17. The van der Waals surface area contributed by atoms with E-state index in [4.69, 9.17) is 4.74 Å². The summed E-state index contributed by atoms with van der Waals surface area (Å²) in [5.74, 6) is 0.0641. The first-order valence-corrected chi connectivity index (χ1v) is 6.53. The monoisotopic (exact) mass is 244 g/mol. The Morgan fingerprint density at radius 2 is 1.94 bits per heavy atom. The Bertz CT molecular complexity index is 215. The number of nitrogens with one attached hydrogen (secondary N) is 2. The van der Waals surface area contributed by atoms with E-state index in [1.54, 1.807) is 7.11 Å². The second kappa shape index (κ2) is 8.48. The maximum absolute atomic E-state index is 11.8. The van der Waals surface area contributed by atoms with Gasteiger partial charge >= 0.3 is 0 Å². The lowest BCUT2D eigenvalue weighted by Crippen LogP contribution is -2.52. The van der Waals surface area contributed by atoms with Crippen molar-refractivity contribution in [3.05, 3.63) is 0 Å². The molecule has 0 aromatic rings. The van der Waals surface area contributed by atoms with Crippen LogP contribution < -0.4 is 10.6 Å². The Labute approximate surface area is 105 Å². The van der Waals surface area contributed by atoms with Gasteiger partial charge in [0.1, 0.15) is 0 Å². The molecule has 1 amide bonds. The first-order chi connectivity index (χ1) is 7.99. The first kappa shape index (κ1) is 16.4. The van der Waals surface area contributed by atoms with E-state index in [2.05, 4.69) is 31.4 Å². The molecule has 0 saturated carbocycles. The molecule has 17 heavy (non-hydrogen) atoms. The zero-order valence-electron chi connectivity index (χ0n) is 11.9. The molecule has 0 aliphatic heterocycles. The smallest absolute Gasteiger partial charge is 0.236 e. The normalized spacial score (nSPS) is 13.5. The summed E-state index contributed by atoms with van der Waals surface area (Å²) in [6, 6.07) is -0.151. The quantitative estimate of drug-likeness (QED) is 0.607. The standard InChI is InChI=1S/C13H28N2O2/c1-6-13(4,7-2)15-11(3)12(16)14-9-8-10-17-5/h11,15H,6-10H2,1-5H3,(H,14,16). The third-order valence-electron chi connectivity index (χ3n) is 3.34. The highest BCUT2D eigenvalue weighted by Gasteiger charge is 2.24. The zero-order chi connectivity index (χ0) is 13.3. The minimum atomic E-state index is -0.151. The SMILES string of the molecule is CCC(C)(CC)NC(C)C(=O)NCCCOC. The molecule has 0 aromatic carbocycles. The lowest BCUT2D eigenvalue weighted by molar-refractivity contribution is -0.123. The predicted molar refractivity (Wildman–Crippen MR) is 71.1 cm³/mol. The van der Waals surface area contributed by atoms with Crippen molar-refractivity contribution in [1.29, 1.82) is 0 Å². The molecule has 0 radical (unpaired) electrons. The van der Waals surface area contributed by atoms with Crippen LogP contribution in [0.15, 0.2) is 0 Å². The van der Waals surface area contributed by atoms with E-state index >= 15 is 0 Å². The molecule has 0 fully saturated rings. The van der Waals surface area contributed by atoms with E-state index in [-0.39, 0.29) is 17.5 Å². The Balaban J connectivity index is 3.96. The minimum absolute atomic E-state index is 0.0449. The van der Waals surface area contributed by atoms with Crippen LogP contribution >= 0.6 is 0 Å². The van der Waals surface area contributed by atoms with Crippen LogP contribution in [0.4, 0.5) is 0 Å². The first-order valence-electron chi connectivity index (χ1n) is 6.53. The molecule has 0 aliphatic rings. The van der Waals surface area contributed by atoms with E-state index in [0.29, 0.717) is 13.2 Å². The summed E-state index contributed by atoms with van der Waals surface area (Å²) in [5.41, 5.74) is 0.0449. The second-order valence-electron chi connectivity index (χ2n) is 4.77. The second-order valence-corrected chi connectivity index (χ2v) is 4.77. The third-order valence-corrected chi connectivity index (χ3v) is 3.34. The lowest BCUT2D eigenvalue weighted by atomic mass is 9.94. The van der Waals surface area contributed by atoms with Gasteiger partial charge in [-0.05, 0) is 33.1 Å². The third kappa shape index (κ3) is 6.64. The van der Waals surface area contributed by atoms with E-state index in [1.807, 2.05) is 6.92 Å². The molecule has 0 rings (SSSR count). The van der Waals surface area contributed by atoms with Crippen LogP contribution in [-0.2, 0) is 9.53 Å². The summed E-state index contributed by atoms with van der Waals surface area (Å²) in [4.78, 5) is 11.8. The maximum Gasteiger partial charge on any atom is 0.236 e. The maximum atomic E-state index is 11.8. The molecule has 0 heterocycles. The number of hydrogen-bond acceptors (Lipinski definition) is 3. The molecule has 4 nitrogen and oxygen atoms in total. The van der Waals surface area contributed by atoms with Crippen molar-refractivity contribution >= 4 is 5.91 Å². The van der Waals surface area contributed by atoms with Crippen LogP contribution in [0.5, 0.6) is 0 Å². The van der Waals surface area contributed by atoms with Crippen LogP contribution in [0.2, 0.25) is 0 Å². The molecular weight excluding hydrogens is 216 g/mol. The zero-order valence-corrected chi connectivity index (χ0v) is 11.9. The summed E-state index contributed by atoms with van der Waals surface area (Å²) in [6.45, 7) is 9.70. The Morgan fingerprint density at radius 1 is 1.35 bits per heavy atom. The van der Waals surface area contributed by atoms with E-state index < -0.39 is 0 Å². The molecule has 4 heteroatoms. The number of ether oxygens (including phenoxy) is 1. The van der Waals surface area contributed by atoms with E-state index in [1.165, 1.54) is 0 Å². The number of carbonyl (C=O) groups is 1. The van der Waals surface area contributed by atoms with Crippen LogP contribution in [0.3, 0.4) is 0 Å². The summed E-state index contributed by atoms with van der Waals surface area (Å²) in [6.07, 6.45) is 2.89. The number of methoxy groups -OCH3 is 1. The van der Waals surface area contributed by atoms with Gasteiger partial charge < -0.3 is 15.4 Å². The van der Waals surface area contributed by atoms with Gasteiger partial charge in [0.2, 0.25) is 5.91 Å². The van der Waals surface area contributed by atoms with Gasteiger partial charge in [-0.1, -0.05) is 13.8 Å². The summed E-state index contributed by atoms with van der Waals surface area (Å²) < 4.78 is 4.93. The number of rotatable bonds is 9. The number of carbonyl (C=O) groups excluding carboxylic acids is 1. The van der Waals surface area contributed by atoms with Crippen molar-refractivity contribution in [1.82, 2.24) is 10.6 Å². The van der Waals surface area contributed by atoms with Crippen molar-refractivity contribution in [2.24, 2.45) is 0 Å². The van der Waals surface area contributed by atoms with Gasteiger partial charge in [0, 0.05) is 25.8 Å². The molecule has 1 unspecified atom stereocenters. The van der Waals surface area contributed by atoms with Gasteiger partial charge in [-0.2, -0.15) is 0 Å². The largest absolute Gasteiger partial charge is 0.385 e. The van der Waals surface area contributed by atoms with Crippen LogP contribution in [0.1, 0.15) is 47.0 Å². The minimum Gasteiger partial charge on any atom is -0.385 e. The molecule has 0 aromatic heterocycles. The van der Waals surface area contributed by atoms with Crippen molar-refractivity contribution < 1.29 is 9.53 Å². The van der Waals surface area contributed by atoms with E-state index in [0.717, 1.165) is 19.3 Å². The molecular formula is C13H28N2O2. The van der Waals surface area contributed by atoms with Gasteiger partial charge in [-0.25, -0.2) is 0 Å². The van der Waals surface area contributed by atoms with E-state index in [9.17, 15) is 4.79 Å². The van der Waals surface area contributed by atoms with Gasteiger partial charge in [0.25, 0.3) is 0 Å². The molecule has 0 spiro atoms. The molecule has 0 aliphatic carbocycles. The average Bonchev–Trinajstić information content (AvgIpc) is 2.34. The molecule has 0 saturated heterocycles. The van der Waals surface area contributed by atoms with Crippen LogP contribution in [0.25, 0.3) is 0 Å². The van der Waals surface area contributed by atoms with Gasteiger partial charge in [0.15, 0.2) is 0 Å². The van der Waals surface area contributed by atoms with Crippen molar-refractivity contribution in [3.63, 3.8) is 0 Å². The van der Waals surface area contributed by atoms with Gasteiger partial charge in [0.05, 0.1) is 6.04 Å². The van der Waals surface area contributed by atoms with Crippen LogP contribution in [0, 0.1) is 0 Å². The average molecular weight is 244 g/mol. The van der Waals surface area contributed by atoms with Gasteiger partial charge in [-0.3, -0.25) is 4.79 Å². The summed E-state index contributed by atoms with van der Waals surface area (Å²) in [7, 11) is 1.67. The summed E-state index contributed by atoms with van der Waals surface area (Å²) >= 11 is 0.